The van der Waals surface area contributed by atoms with Crippen molar-refractivity contribution in [3.8, 4) is 6.07 Å². The average Bonchev–Trinajstić information content (AvgIpc) is 3.10. The van der Waals surface area contributed by atoms with Crippen LogP contribution in [0.15, 0.2) is 24.3 Å². The molecular weight excluding hydrogens is 416 g/mol. The number of hydrogen-bond acceptors (Lipinski definition) is 7. The van der Waals surface area contributed by atoms with Crippen LogP contribution in [-0.2, 0) is 27.1 Å². The number of carbonyl (C=O) groups excluding carboxylic acids is 3. The van der Waals surface area contributed by atoms with Gasteiger partial charge in [-0.25, -0.2) is 9.59 Å². The second-order valence-corrected chi connectivity index (χ2v) is 8.61. The van der Waals surface area contributed by atoms with Crippen LogP contribution in [0.3, 0.4) is 0 Å². The van der Waals surface area contributed by atoms with Gasteiger partial charge in [-0.05, 0) is 68.9 Å². The van der Waals surface area contributed by atoms with Gasteiger partial charge in [0.05, 0.1) is 29.4 Å². The summed E-state index contributed by atoms with van der Waals surface area (Å²) in [5, 5.41) is 12.0. The molecule has 0 saturated heterocycles. The molecule has 2 aromatic rings. The van der Waals surface area contributed by atoms with E-state index in [4.69, 9.17) is 14.7 Å². The Kier molecular flexibility index (Phi) is 7.08. The lowest BCUT2D eigenvalue weighted by atomic mass is 9.88. The SMILES string of the molecule is CCOC(=O)c1c(NC(=O)[C@@H](C)OC(=O)c2ccc(C#N)cc2)sc2c1CC[C@H](C)C2. The van der Waals surface area contributed by atoms with Crippen molar-refractivity contribution in [2.24, 2.45) is 5.92 Å². The standard InChI is InChI=1S/C23H24N2O5S/c1-4-29-23(28)19-17-10-5-13(2)11-18(17)31-21(19)25-20(26)14(3)30-22(27)16-8-6-15(12-24)7-9-16/h6-9,13-14H,4-5,10-11H2,1-3H3,(H,25,26)/t13-,14+/m0/s1. The molecule has 7 nitrogen and oxygen atoms in total. The zero-order valence-corrected chi connectivity index (χ0v) is 18.5. The van der Waals surface area contributed by atoms with Crippen LogP contribution in [0.4, 0.5) is 5.00 Å². The van der Waals surface area contributed by atoms with E-state index in [0.29, 0.717) is 22.0 Å². The monoisotopic (exact) mass is 440 g/mol. The van der Waals surface area contributed by atoms with Gasteiger partial charge in [0.1, 0.15) is 5.00 Å². The van der Waals surface area contributed by atoms with Crippen LogP contribution in [0.1, 0.15) is 63.9 Å². The number of nitrogens with zero attached hydrogens (tertiary/aromatic N) is 1. The highest BCUT2D eigenvalue weighted by Gasteiger charge is 2.30. The number of carbonyl (C=O) groups is 3. The fourth-order valence-electron chi connectivity index (χ4n) is 3.43. The maximum atomic E-state index is 12.7. The summed E-state index contributed by atoms with van der Waals surface area (Å²) in [6.45, 7) is 5.61. The maximum Gasteiger partial charge on any atom is 0.341 e. The number of nitriles is 1. The molecule has 162 valence electrons. The van der Waals surface area contributed by atoms with Crippen LogP contribution >= 0.6 is 11.3 Å². The van der Waals surface area contributed by atoms with Crippen molar-refractivity contribution < 1.29 is 23.9 Å². The summed E-state index contributed by atoms with van der Waals surface area (Å²) < 4.78 is 10.5. The minimum absolute atomic E-state index is 0.242. The first-order chi connectivity index (χ1) is 14.8. The molecule has 2 atom stereocenters. The number of anilines is 1. The maximum absolute atomic E-state index is 12.7. The first-order valence-corrected chi connectivity index (χ1v) is 11.0. The second-order valence-electron chi connectivity index (χ2n) is 7.50. The smallest absolute Gasteiger partial charge is 0.341 e. The molecule has 3 rings (SSSR count). The zero-order valence-electron chi connectivity index (χ0n) is 17.7. The number of hydrogen-bond donors (Lipinski definition) is 1. The topological polar surface area (TPSA) is 105 Å². The van der Waals surface area contributed by atoms with E-state index in [1.165, 1.54) is 42.5 Å². The summed E-state index contributed by atoms with van der Waals surface area (Å²) >= 11 is 1.38. The molecule has 0 fully saturated rings. The zero-order chi connectivity index (χ0) is 22.5. The number of amides is 1. The largest absolute Gasteiger partial charge is 0.462 e. The molecule has 0 spiro atoms. The average molecular weight is 441 g/mol. The van der Waals surface area contributed by atoms with Gasteiger partial charge in [0.2, 0.25) is 0 Å². The van der Waals surface area contributed by atoms with Gasteiger partial charge in [-0.1, -0.05) is 6.92 Å². The molecule has 0 radical (unpaired) electrons. The Balaban J connectivity index is 1.75. The van der Waals surface area contributed by atoms with Gasteiger partial charge in [-0.15, -0.1) is 11.3 Å². The van der Waals surface area contributed by atoms with E-state index in [9.17, 15) is 14.4 Å². The molecule has 0 unspecified atom stereocenters. The highest BCUT2D eigenvalue weighted by molar-refractivity contribution is 7.17. The van der Waals surface area contributed by atoms with Crippen LogP contribution in [-0.4, -0.2) is 30.6 Å². The van der Waals surface area contributed by atoms with E-state index in [2.05, 4.69) is 12.2 Å². The fraction of sp³-hybridized carbons (Fsp3) is 0.391. The van der Waals surface area contributed by atoms with Crippen molar-refractivity contribution in [1.82, 2.24) is 0 Å². The molecular formula is C23H24N2O5S. The molecule has 1 aliphatic rings. The molecule has 0 aliphatic heterocycles. The van der Waals surface area contributed by atoms with E-state index in [0.717, 1.165) is 29.7 Å². The Labute approximate surface area is 185 Å². The summed E-state index contributed by atoms with van der Waals surface area (Å²) in [4.78, 5) is 38.7. The number of ether oxygens (including phenoxy) is 2. The summed E-state index contributed by atoms with van der Waals surface area (Å²) in [6.07, 6.45) is 1.52. The summed E-state index contributed by atoms with van der Waals surface area (Å²) in [6, 6.07) is 7.92. The number of esters is 2. The molecule has 1 amide bonds. The van der Waals surface area contributed by atoms with Gasteiger partial charge >= 0.3 is 11.9 Å². The Morgan fingerprint density at radius 2 is 1.97 bits per heavy atom. The van der Waals surface area contributed by atoms with E-state index in [1.807, 2.05) is 6.07 Å². The lowest BCUT2D eigenvalue weighted by molar-refractivity contribution is -0.123. The van der Waals surface area contributed by atoms with Gasteiger partial charge in [-0.2, -0.15) is 5.26 Å². The molecule has 1 aromatic heterocycles. The molecule has 8 heteroatoms. The van der Waals surface area contributed by atoms with Crippen LogP contribution in [0.25, 0.3) is 0 Å². The third-order valence-electron chi connectivity index (χ3n) is 5.13. The highest BCUT2D eigenvalue weighted by Crippen LogP contribution is 2.40. The minimum Gasteiger partial charge on any atom is -0.462 e. The minimum atomic E-state index is -1.07. The van der Waals surface area contributed by atoms with E-state index < -0.39 is 23.9 Å². The Morgan fingerprint density at radius 1 is 1.26 bits per heavy atom. The molecule has 0 saturated carbocycles. The first kappa shape index (κ1) is 22.5. The van der Waals surface area contributed by atoms with Crippen LogP contribution in [0.2, 0.25) is 0 Å². The van der Waals surface area contributed by atoms with Crippen molar-refractivity contribution in [2.45, 2.75) is 46.1 Å². The van der Waals surface area contributed by atoms with Crippen molar-refractivity contribution in [1.29, 1.82) is 5.26 Å². The van der Waals surface area contributed by atoms with Crippen molar-refractivity contribution in [2.75, 3.05) is 11.9 Å². The first-order valence-electron chi connectivity index (χ1n) is 10.2. The molecule has 31 heavy (non-hydrogen) atoms. The molecule has 0 bridgehead atoms. The molecule has 1 N–H and O–H groups in total. The molecule has 1 heterocycles. The third-order valence-corrected chi connectivity index (χ3v) is 6.30. The van der Waals surface area contributed by atoms with Crippen LogP contribution in [0.5, 0.6) is 0 Å². The van der Waals surface area contributed by atoms with Crippen molar-refractivity contribution in [3.05, 3.63) is 51.4 Å². The lowest BCUT2D eigenvalue weighted by Gasteiger charge is -2.18. The van der Waals surface area contributed by atoms with Crippen molar-refractivity contribution >= 4 is 34.2 Å². The summed E-state index contributed by atoms with van der Waals surface area (Å²) in [5.74, 6) is -1.14. The van der Waals surface area contributed by atoms with Gasteiger partial charge < -0.3 is 14.8 Å². The Morgan fingerprint density at radius 3 is 2.61 bits per heavy atom. The Hall–Kier alpha value is -3.18. The highest BCUT2D eigenvalue weighted by atomic mass is 32.1. The number of nitrogens with one attached hydrogen (secondary N) is 1. The van der Waals surface area contributed by atoms with Crippen LogP contribution < -0.4 is 5.32 Å². The normalized spacial score (nSPS) is 15.9. The number of fused-ring (bicyclic) bond motifs is 1. The quantitative estimate of drug-likeness (QED) is 0.678. The summed E-state index contributed by atoms with van der Waals surface area (Å²) in [5.41, 5.74) is 2.02. The van der Waals surface area contributed by atoms with Crippen LogP contribution in [0, 0.1) is 17.2 Å². The van der Waals surface area contributed by atoms with Crippen molar-refractivity contribution in [3.63, 3.8) is 0 Å². The van der Waals surface area contributed by atoms with E-state index in [-0.39, 0.29) is 12.2 Å². The fourth-order valence-corrected chi connectivity index (χ4v) is 4.84. The third kappa shape index (κ3) is 5.12. The molecule has 1 aromatic carbocycles. The number of thiophene rings is 1. The van der Waals surface area contributed by atoms with Gasteiger partial charge in [0.25, 0.3) is 5.91 Å². The van der Waals surface area contributed by atoms with E-state index >= 15 is 0 Å². The second kappa shape index (κ2) is 9.75. The Bertz CT molecular complexity index is 1040. The predicted octanol–water partition coefficient (Wildman–Crippen LogP) is 4.11. The predicted molar refractivity (Wildman–Crippen MR) is 116 cm³/mol. The van der Waals surface area contributed by atoms with Gasteiger partial charge in [0.15, 0.2) is 6.10 Å². The number of rotatable bonds is 6. The lowest BCUT2D eigenvalue weighted by Crippen LogP contribution is -2.30. The molecule has 1 aliphatic carbocycles. The summed E-state index contributed by atoms with van der Waals surface area (Å²) in [7, 11) is 0. The van der Waals surface area contributed by atoms with Gasteiger partial charge in [-0.3, -0.25) is 4.79 Å². The van der Waals surface area contributed by atoms with Gasteiger partial charge in [0, 0.05) is 4.88 Å². The number of benzene rings is 1. The van der Waals surface area contributed by atoms with E-state index in [1.54, 1.807) is 6.92 Å².